The highest BCUT2D eigenvalue weighted by Crippen LogP contribution is 2.51. The molecule has 0 aromatic carbocycles. The number of unbranched alkanes of at least 4 members (excludes halogenated alkanes) is 1. The van der Waals surface area contributed by atoms with E-state index in [0.717, 1.165) is 6.42 Å². The monoisotopic (exact) mass is 264 g/mol. The molecule has 0 heterocycles. The molecule has 1 aliphatic rings. The van der Waals surface area contributed by atoms with Crippen LogP contribution in [0.4, 0.5) is 0 Å². The average Bonchev–Trinajstić information content (AvgIpc) is 2.31. The van der Waals surface area contributed by atoms with Crippen LogP contribution in [0.1, 0.15) is 65.7 Å². The SMILES string of the molecule is CCCCC1(CC)CCC(Cl)C(Cl)C1CC. The first-order chi connectivity index (χ1) is 7.61. The minimum atomic E-state index is 0.178. The molecule has 16 heavy (non-hydrogen) atoms. The normalized spacial score (nSPS) is 39.9. The largest absolute Gasteiger partial charge is 0.121 e. The van der Waals surface area contributed by atoms with Gasteiger partial charge in [0.15, 0.2) is 0 Å². The molecule has 0 spiro atoms. The highest BCUT2D eigenvalue weighted by atomic mass is 35.5. The second-order valence-corrected chi connectivity index (χ2v) is 6.40. The molecule has 0 aromatic heterocycles. The maximum Gasteiger partial charge on any atom is 0.0533 e. The van der Waals surface area contributed by atoms with Crippen molar-refractivity contribution in [1.29, 1.82) is 0 Å². The zero-order valence-electron chi connectivity index (χ0n) is 10.9. The summed E-state index contributed by atoms with van der Waals surface area (Å²) in [5, 5.41) is 0.366. The van der Waals surface area contributed by atoms with E-state index in [1.54, 1.807) is 0 Å². The fourth-order valence-electron chi connectivity index (χ4n) is 3.47. The van der Waals surface area contributed by atoms with Gasteiger partial charge in [-0.05, 0) is 30.6 Å². The Balaban J connectivity index is 2.80. The lowest BCUT2D eigenvalue weighted by Crippen LogP contribution is -2.44. The summed E-state index contributed by atoms with van der Waals surface area (Å²) in [6.07, 6.45) is 8.78. The predicted octanol–water partition coefficient (Wildman–Crippen LogP) is 5.61. The second kappa shape index (κ2) is 6.50. The van der Waals surface area contributed by atoms with Crippen molar-refractivity contribution in [1.82, 2.24) is 0 Å². The summed E-state index contributed by atoms with van der Waals surface area (Å²) in [5.41, 5.74) is 0.475. The summed E-state index contributed by atoms with van der Waals surface area (Å²) in [6.45, 7) is 6.87. The van der Waals surface area contributed by atoms with Crippen LogP contribution < -0.4 is 0 Å². The van der Waals surface area contributed by atoms with E-state index in [1.807, 2.05) is 0 Å². The molecule has 0 aromatic rings. The highest BCUT2D eigenvalue weighted by Gasteiger charge is 2.45. The van der Waals surface area contributed by atoms with E-state index in [0.29, 0.717) is 11.3 Å². The molecule has 0 saturated heterocycles. The van der Waals surface area contributed by atoms with E-state index in [2.05, 4.69) is 20.8 Å². The van der Waals surface area contributed by atoms with Gasteiger partial charge in [0.05, 0.1) is 10.8 Å². The lowest BCUT2D eigenvalue weighted by molar-refractivity contribution is 0.0767. The van der Waals surface area contributed by atoms with Crippen molar-refractivity contribution in [2.24, 2.45) is 11.3 Å². The first-order valence-electron chi connectivity index (χ1n) is 6.89. The van der Waals surface area contributed by atoms with E-state index in [4.69, 9.17) is 23.2 Å². The van der Waals surface area contributed by atoms with Crippen LogP contribution >= 0.6 is 23.2 Å². The maximum absolute atomic E-state index is 6.54. The van der Waals surface area contributed by atoms with E-state index < -0.39 is 0 Å². The Bertz CT molecular complexity index is 201. The second-order valence-electron chi connectivity index (χ2n) is 5.33. The number of halogens is 2. The number of alkyl halides is 2. The molecule has 96 valence electrons. The molecule has 0 radical (unpaired) electrons. The summed E-state index contributed by atoms with van der Waals surface area (Å²) in [7, 11) is 0. The van der Waals surface area contributed by atoms with Crippen LogP contribution in [-0.4, -0.2) is 10.8 Å². The van der Waals surface area contributed by atoms with Crippen LogP contribution in [0.3, 0.4) is 0 Å². The molecule has 1 rings (SSSR count). The summed E-state index contributed by atoms with van der Waals surface area (Å²) in [6, 6.07) is 0. The van der Waals surface area contributed by atoms with Crippen LogP contribution in [0, 0.1) is 11.3 Å². The van der Waals surface area contributed by atoms with Gasteiger partial charge in [-0.2, -0.15) is 0 Å². The molecule has 0 aliphatic heterocycles. The summed E-state index contributed by atoms with van der Waals surface area (Å²) >= 11 is 12.9. The van der Waals surface area contributed by atoms with Crippen LogP contribution in [0.2, 0.25) is 0 Å². The Morgan fingerprint density at radius 1 is 1.19 bits per heavy atom. The predicted molar refractivity (Wildman–Crippen MR) is 74.5 cm³/mol. The molecule has 4 atom stereocenters. The molecule has 0 bridgehead atoms. The van der Waals surface area contributed by atoms with Gasteiger partial charge in [0.1, 0.15) is 0 Å². The molecule has 1 aliphatic carbocycles. The topological polar surface area (TPSA) is 0 Å². The lowest BCUT2D eigenvalue weighted by Gasteiger charge is -2.48. The third-order valence-electron chi connectivity index (χ3n) is 4.61. The van der Waals surface area contributed by atoms with E-state index >= 15 is 0 Å². The third-order valence-corrected chi connectivity index (χ3v) is 5.83. The Labute approximate surface area is 111 Å². The first kappa shape index (κ1) is 14.6. The van der Waals surface area contributed by atoms with Crippen molar-refractivity contribution in [3.05, 3.63) is 0 Å². The van der Waals surface area contributed by atoms with Gasteiger partial charge in [0.25, 0.3) is 0 Å². The summed E-state index contributed by atoms with van der Waals surface area (Å²) in [4.78, 5) is 0. The molecular weight excluding hydrogens is 239 g/mol. The van der Waals surface area contributed by atoms with Gasteiger partial charge in [-0.25, -0.2) is 0 Å². The molecule has 0 N–H and O–H groups in total. The quantitative estimate of drug-likeness (QED) is 0.567. The smallest absolute Gasteiger partial charge is 0.0533 e. The fraction of sp³-hybridized carbons (Fsp3) is 1.00. The van der Waals surface area contributed by atoms with Crippen LogP contribution in [0.15, 0.2) is 0 Å². The Kier molecular flexibility index (Phi) is 5.94. The van der Waals surface area contributed by atoms with Crippen molar-refractivity contribution >= 4 is 23.2 Å². The van der Waals surface area contributed by atoms with Crippen molar-refractivity contribution in [2.45, 2.75) is 76.5 Å². The number of hydrogen-bond donors (Lipinski definition) is 0. The van der Waals surface area contributed by atoms with Crippen LogP contribution in [-0.2, 0) is 0 Å². The standard InChI is InChI=1S/C14H26Cl2/c1-4-7-9-14(6-3)10-8-12(15)13(16)11(14)5-2/h11-13H,4-10H2,1-3H3. The van der Waals surface area contributed by atoms with Crippen molar-refractivity contribution in [2.75, 3.05) is 0 Å². The zero-order valence-corrected chi connectivity index (χ0v) is 12.4. The molecule has 0 amide bonds. The molecule has 1 fully saturated rings. The Morgan fingerprint density at radius 2 is 1.88 bits per heavy atom. The molecule has 4 unspecified atom stereocenters. The average molecular weight is 265 g/mol. The minimum absolute atomic E-state index is 0.178. The molecule has 1 saturated carbocycles. The van der Waals surface area contributed by atoms with E-state index in [1.165, 1.54) is 38.5 Å². The van der Waals surface area contributed by atoms with Gasteiger partial charge >= 0.3 is 0 Å². The van der Waals surface area contributed by atoms with Crippen LogP contribution in [0.25, 0.3) is 0 Å². The minimum Gasteiger partial charge on any atom is -0.121 e. The van der Waals surface area contributed by atoms with Gasteiger partial charge in [-0.3, -0.25) is 0 Å². The van der Waals surface area contributed by atoms with Crippen molar-refractivity contribution in [3.63, 3.8) is 0 Å². The van der Waals surface area contributed by atoms with E-state index in [9.17, 15) is 0 Å². The van der Waals surface area contributed by atoms with Gasteiger partial charge in [0.2, 0.25) is 0 Å². The van der Waals surface area contributed by atoms with Gasteiger partial charge in [0, 0.05) is 0 Å². The van der Waals surface area contributed by atoms with Crippen molar-refractivity contribution in [3.8, 4) is 0 Å². The Hall–Kier alpha value is 0.580. The van der Waals surface area contributed by atoms with E-state index in [-0.39, 0.29) is 10.8 Å². The lowest BCUT2D eigenvalue weighted by atomic mass is 9.61. The zero-order chi connectivity index (χ0) is 12.2. The maximum atomic E-state index is 6.54. The number of hydrogen-bond acceptors (Lipinski definition) is 0. The fourth-order valence-corrected chi connectivity index (χ4v) is 4.33. The van der Waals surface area contributed by atoms with Crippen LogP contribution in [0.5, 0.6) is 0 Å². The summed E-state index contributed by atoms with van der Waals surface area (Å²) < 4.78 is 0. The van der Waals surface area contributed by atoms with Crippen molar-refractivity contribution < 1.29 is 0 Å². The van der Waals surface area contributed by atoms with Gasteiger partial charge in [-0.15, -0.1) is 23.2 Å². The van der Waals surface area contributed by atoms with Gasteiger partial charge in [-0.1, -0.05) is 46.5 Å². The van der Waals surface area contributed by atoms with Gasteiger partial charge < -0.3 is 0 Å². The first-order valence-corrected chi connectivity index (χ1v) is 7.76. The number of rotatable bonds is 5. The highest BCUT2D eigenvalue weighted by molar-refractivity contribution is 6.30. The molecule has 2 heteroatoms. The molecule has 0 nitrogen and oxygen atoms in total. The Morgan fingerprint density at radius 3 is 2.38 bits per heavy atom. The summed E-state index contributed by atoms with van der Waals surface area (Å²) in [5.74, 6) is 0.613. The third kappa shape index (κ3) is 2.88. The molecular formula is C14H26Cl2.